The maximum Gasteiger partial charge on any atom is 0.0663 e. The lowest BCUT2D eigenvalue weighted by atomic mass is 9.89. The summed E-state index contributed by atoms with van der Waals surface area (Å²) in [6.07, 6.45) is 2.11. The number of benzene rings is 1. The largest absolute Gasteiger partial charge is 0.378 e. The van der Waals surface area contributed by atoms with Crippen molar-refractivity contribution in [2.24, 2.45) is 11.7 Å². The van der Waals surface area contributed by atoms with Gasteiger partial charge in [0.25, 0.3) is 0 Å². The highest BCUT2D eigenvalue weighted by molar-refractivity contribution is 5.32. The molecule has 2 N–H and O–H groups in total. The standard InChI is InChI=1S/C17H28N2O/c1-17(2,20-4)10-14-7-5-6-8-15(14)16-9-13(11-18)12-19(16)3/h5-8,13,16H,9-12,18H2,1-4H3. The van der Waals surface area contributed by atoms with E-state index in [1.807, 2.05) is 0 Å². The first-order valence-electron chi connectivity index (χ1n) is 7.50. The first-order valence-corrected chi connectivity index (χ1v) is 7.50. The quantitative estimate of drug-likeness (QED) is 0.898. The summed E-state index contributed by atoms with van der Waals surface area (Å²) in [6.45, 7) is 6.17. The van der Waals surface area contributed by atoms with Crippen LogP contribution in [-0.2, 0) is 11.2 Å². The number of nitrogens with zero attached hydrogens (tertiary/aromatic N) is 1. The third-order valence-corrected chi connectivity index (χ3v) is 4.55. The van der Waals surface area contributed by atoms with Crippen LogP contribution in [0.25, 0.3) is 0 Å². The van der Waals surface area contributed by atoms with Crippen LogP contribution in [0, 0.1) is 5.92 Å². The zero-order valence-corrected chi connectivity index (χ0v) is 13.2. The van der Waals surface area contributed by atoms with Gasteiger partial charge in [0.15, 0.2) is 0 Å². The van der Waals surface area contributed by atoms with Gasteiger partial charge in [-0.3, -0.25) is 4.90 Å². The number of nitrogens with two attached hydrogens (primary N) is 1. The fraction of sp³-hybridized carbons (Fsp3) is 0.647. The number of likely N-dealkylation sites (tertiary alicyclic amines) is 1. The molecule has 2 rings (SSSR count). The van der Waals surface area contributed by atoms with Gasteiger partial charge in [0, 0.05) is 26.1 Å². The average molecular weight is 276 g/mol. The van der Waals surface area contributed by atoms with Gasteiger partial charge in [0.2, 0.25) is 0 Å². The van der Waals surface area contributed by atoms with E-state index < -0.39 is 0 Å². The Morgan fingerprint density at radius 1 is 1.35 bits per heavy atom. The van der Waals surface area contributed by atoms with E-state index >= 15 is 0 Å². The summed E-state index contributed by atoms with van der Waals surface area (Å²) in [4.78, 5) is 2.44. The second-order valence-corrected chi connectivity index (χ2v) is 6.63. The molecule has 0 saturated carbocycles. The molecule has 20 heavy (non-hydrogen) atoms. The summed E-state index contributed by atoms with van der Waals surface area (Å²) >= 11 is 0. The molecule has 1 aliphatic heterocycles. The minimum absolute atomic E-state index is 0.124. The van der Waals surface area contributed by atoms with Crippen LogP contribution in [0.4, 0.5) is 0 Å². The van der Waals surface area contributed by atoms with Gasteiger partial charge >= 0.3 is 0 Å². The normalized spacial score (nSPS) is 24.2. The van der Waals surface area contributed by atoms with Crippen LogP contribution in [-0.4, -0.2) is 37.7 Å². The van der Waals surface area contributed by atoms with Crippen molar-refractivity contribution in [3.63, 3.8) is 0 Å². The minimum atomic E-state index is -0.124. The number of rotatable bonds is 5. The monoisotopic (exact) mass is 276 g/mol. The van der Waals surface area contributed by atoms with Crippen molar-refractivity contribution in [2.45, 2.75) is 38.3 Å². The molecule has 1 aliphatic rings. The number of hydrogen-bond acceptors (Lipinski definition) is 3. The highest BCUT2D eigenvalue weighted by Crippen LogP contribution is 2.36. The first kappa shape index (κ1) is 15.5. The van der Waals surface area contributed by atoms with Gasteiger partial charge in [-0.05, 0) is 50.9 Å². The molecule has 0 bridgehead atoms. The Labute approximate surface area is 123 Å². The SMILES string of the molecule is COC(C)(C)Cc1ccccc1C1CC(CN)CN1C. The predicted octanol–water partition coefficient (Wildman–Crippen LogP) is 2.61. The van der Waals surface area contributed by atoms with Gasteiger partial charge in [-0.2, -0.15) is 0 Å². The summed E-state index contributed by atoms with van der Waals surface area (Å²) in [6, 6.07) is 9.26. The van der Waals surface area contributed by atoms with Gasteiger partial charge in [0.1, 0.15) is 0 Å². The van der Waals surface area contributed by atoms with Crippen LogP contribution >= 0.6 is 0 Å². The molecule has 1 aromatic carbocycles. The second kappa shape index (κ2) is 6.25. The molecule has 1 fully saturated rings. The highest BCUT2D eigenvalue weighted by atomic mass is 16.5. The van der Waals surface area contributed by atoms with Gasteiger partial charge in [-0.15, -0.1) is 0 Å². The average Bonchev–Trinajstić information content (AvgIpc) is 2.80. The molecule has 2 atom stereocenters. The zero-order chi connectivity index (χ0) is 14.8. The van der Waals surface area contributed by atoms with Gasteiger partial charge in [-0.1, -0.05) is 24.3 Å². The molecule has 0 amide bonds. The van der Waals surface area contributed by atoms with Crippen molar-refractivity contribution in [3.05, 3.63) is 35.4 Å². The molecule has 1 saturated heterocycles. The van der Waals surface area contributed by atoms with Crippen LogP contribution in [0.3, 0.4) is 0 Å². The summed E-state index contributed by atoms with van der Waals surface area (Å²) in [5, 5.41) is 0. The van der Waals surface area contributed by atoms with Crippen molar-refractivity contribution in [3.8, 4) is 0 Å². The van der Waals surface area contributed by atoms with Crippen LogP contribution in [0.5, 0.6) is 0 Å². The lowest BCUT2D eigenvalue weighted by Gasteiger charge is -2.27. The maximum absolute atomic E-state index is 5.85. The van der Waals surface area contributed by atoms with Crippen LogP contribution < -0.4 is 5.73 Å². The molecule has 3 heteroatoms. The first-order chi connectivity index (χ1) is 9.46. The Balaban J connectivity index is 2.24. The molecule has 0 aromatic heterocycles. The van der Waals surface area contributed by atoms with Crippen molar-refractivity contribution in [1.82, 2.24) is 4.90 Å². The molecule has 0 aliphatic carbocycles. The predicted molar refractivity (Wildman–Crippen MR) is 83.8 cm³/mol. The van der Waals surface area contributed by atoms with Crippen LogP contribution in [0.2, 0.25) is 0 Å². The fourth-order valence-electron chi connectivity index (χ4n) is 3.19. The number of methoxy groups -OCH3 is 1. The molecule has 1 heterocycles. The Morgan fingerprint density at radius 3 is 2.65 bits per heavy atom. The van der Waals surface area contributed by atoms with Crippen molar-refractivity contribution < 1.29 is 4.74 Å². The molecular formula is C17H28N2O. The van der Waals surface area contributed by atoms with Crippen molar-refractivity contribution >= 4 is 0 Å². The van der Waals surface area contributed by atoms with E-state index in [0.717, 1.165) is 25.9 Å². The molecular weight excluding hydrogens is 248 g/mol. The van der Waals surface area contributed by atoms with E-state index in [0.29, 0.717) is 12.0 Å². The van der Waals surface area contributed by atoms with Crippen molar-refractivity contribution in [1.29, 1.82) is 0 Å². The molecule has 1 aromatic rings. The lowest BCUT2D eigenvalue weighted by molar-refractivity contribution is 0.0228. The number of hydrogen-bond donors (Lipinski definition) is 1. The van der Waals surface area contributed by atoms with Crippen molar-refractivity contribution in [2.75, 3.05) is 27.2 Å². The minimum Gasteiger partial charge on any atom is -0.378 e. The second-order valence-electron chi connectivity index (χ2n) is 6.63. The molecule has 3 nitrogen and oxygen atoms in total. The third kappa shape index (κ3) is 3.40. The summed E-state index contributed by atoms with van der Waals surface area (Å²) in [5.41, 5.74) is 8.56. The Kier molecular flexibility index (Phi) is 4.84. The Hall–Kier alpha value is -0.900. The smallest absolute Gasteiger partial charge is 0.0663 e. The molecule has 0 radical (unpaired) electrons. The van der Waals surface area contributed by atoms with E-state index in [1.54, 1.807) is 7.11 Å². The fourth-order valence-corrected chi connectivity index (χ4v) is 3.19. The zero-order valence-electron chi connectivity index (χ0n) is 13.2. The maximum atomic E-state index is 5.85. The third-order valence-electron chi connectivity index (χ3n) is 4.55. The number of ether oxygens (including phenoxy) is 1. The summed E-state index contributed by atoms with van der Waals surface area (Å²) in [5.74, 6) is 0.619. The molecule has 2 unspecified atom stereocenters. The van der Waals surface area contributed by atoms with Gasteiger partial charge < -0.3 is 10.5 Å². The van der Waals surface area contributed by atoms with E-state index in [-0.39, 0.29) is 5.60 Å². The van der Waals surface area contributed by atoms with E-state index in [1.165, 1.54) is 11.1 Å². The van der Waals surface area contributed by atoms with Gasteiger partial charge in [0.05, 0.1) is 5.60 Å². The topological polar surface area (TPSA) is 38.5 Å². The summed E-state index contributed by atoms with van der Waals surface area (Å²) in [7, 11) is 3.99. The van der Waals surface area contributed by atoms with Gasteiger partial charge in [-0.25, -0.2) is 0 Å². The Morgan fingerprint density at radius 2 is 2.05 bits per heavy atom. The highest BCUT2D eigenvalue weighted by Gasteiger charge is 2.31. The summed E-state index contributed by atoms with van der Waals surface area (Å²) < 4.78 is 5.59. The van der Waals surface area contributed by atoms with E-state index in [2.05, 4.69) is 50.1 Å². The molecule has 112 valence electrons. The Bertz CT molecular complexity index is 444. The lowest BCUT2D eigenvalue weighted by Crippen LogP contribution is -2.27. The van der Waals surface area contributed by atoms with Crippen LogP contribution in [0.15, 0.2) is 24.3 Å². The van der Waals surface area contributed by atoms with Crippen LogP contribution in [0.1, 0.15) is 37.4 Å². The van der Waals surface area contributed by atoms with E-state index in [9.17, 15) is 0 Å². The van der Waals surface area contributed by atoms with E-state index in [4.69, 9.17) is 10.5 Å². The molecule has 0 spiro atoms.